The number of nitrogen functional groups attached to an aromatic ring is 1. The summed E-state index contributed by atoms with van der Waals surface area (Å²) in [5.74, 6) is -0.741. The number of nitrogens with two attached hydrogens (primary N) is 1. The molecule has 2 aromatic rings. The van der Waals surface area contributed by atoms with Gasteiger partial charge in [0.15, 0.2) is 10.4 Å². The second-order valence-corrected chi connectivity index (χ2v) is 4.95. The number of carboxylic acids is 1. The van der Waals surface area contributed by atoms with Crippen LogP contribution in [-0.4, -0.2) is 16.1 Å². The lowest BCUT2D eigenvalue weighted by Gasteiger charge is -2.14. The Hall–Kier alpha value is -2.08. The first kappa shape index (κ1) is 14.3. The normalized spacial score (nSPS) is 10.3. The Balaban J connectivity index is 2.36. The van der Waals surface area contributed by atoms with Crippen LogP contribution in [0.3, 0.4) is 0 Å². The lowest BCUT2D eigenvalue weighted by Crippen LogP contribution is -2.10. The fourth-order valence-electron chi connectivity index (χ4n) is 1.76. The van der Waals surface area contributed by atoms with E-state index in [9.17, 15) is 9.90 Å². The number of hydrogen-bond donors (Lipinski definition) is 2. The van der Waals surface area contributed by atoms with Gasteiger partial charge in [-0.05, 0) is 28.4 Å². The average Bonchev–Trinajstić information content (AvgIpc) is 2.42. The molecule has 0 radical (unpaired) electrons. The van der Waals surface area contributed by atoms with Crippen LogP contribution in [0.1, 0.15) is 21.5 Å². The van der Waals surface area contributed by atoms with Gasteiger partial charge in [0, 0.05) is 5.56 Å². The van der Waals surface area contributed by atoms with E-state index < -0.39 is 5.97 Å². The van der Waals surface area contributed by atoms with Crippen molar-refractivity contribution in [2.24, 2.45) is 0 Å². The van der Waals surface area contributed by atoms with E-state index in [1.807, 2.05) is 30.3 Å². The Bertz CT molecular complexity index is 645. The molecule has 6 heteroatoms. The molecule has 0 aliphatic rings. The molecule has 5 nitrogen and oxygen atoms in total. The molecule has 1 aromatic carbocycles. The molecule has 20 heavy (non-hydrogen) atoms. The monoisotopic (exact) mass is 336 g/mol. The minimum Gasteiger partial charge on any atom is -0.485 e. The smallest absolute Gasteiger partial charge is 0.340 e. The van der Waals surface area contributed by atoms with Gasteiger partial charge in [0.2, 0.25) is 0 Å². The van der Waals surface area contributed by atoms with E-state index in [-0.39, 0.29) is 28.3 Å². The SMILES string of the molecule is Cc1c(N)nc(Br)c(OCc2ccccc2)c1C(=O)O. The zero-order valence-corrected chi connectivity index (χ0v) is 12.3. The van der Waals surface area contributed by atoms with Crippen molar-refractivity contribution in [1.82, 2.24) is 4.98 Å². The number of carboxylic acid groups (broad SMARTS) is 1. The van der Waals surface area contributed by atoms with E-state index in [1.165, 1.54) is 0 Å². The second-order valence-electron chi connectivity index (χ2n) is 4.20. The number of nitrogens with zero attached hydrogens (tertiary/aromatic N) is 1. The molecule has 0 saturated heterocycles. The summed E-state index contributed by atoms with van der Waals surface area (Å²) >= 11 is 3.19. The van der Waals surface area contributed by atoms with Gasteiger partial charge in [-0.1, -0.05) is 30.3 Å². The summed E-state index contributed by atoms with van der Waals surface area (Å²) in [7, 11) is 0. The fraction of sp³-hybridized carbons (Fsp3) is 0.143. The largest absolute Gasteiger partial charge is 0.485 e. The quantitative estimate of drug-likeness (QED) is 0.838. The maximum absolute atomic E-state index is 11.4. The Kier molecular flexibility index (Phi) is 4.24. The summed E-state index contributed by atoms with van der Waals surface area (Å²) in [6.07, 6.45) is 0. The molecular formula is C14H13BrN2O3. The van der Waals surface area contributed by atoms with E-state index in [0.29, 0.717) is 5.56 Å². The van der Waals surface area contributed by atoms with Crippen LogP contribution >= 0.6 is 15.9 Å². The van der Waals surface area contributed by atoms with Crippen LogP contribution in [0, 0.1) is 6.92 Å². The number of aromatic carboxylic acids is 1. The predicted octanol–water partition coefficient (Wildman–Crippen LogP) is 3.01. The van der Waals surface area contributed by atoms with Crippen molar-refractivity contribution in [3.63, 3.8) is 0 Å². The van der Waals surface area contributed by atoms with Crippen molar-refractivity contribution in [2.45, 2.75) is 13.5 Å². The third-order valence-electron chi connectivity index (χ3n) is 2.83. The highest BCUT2D eigenvalue weighted by Gasteiger charge is 2.21. The van der Waals surface area contributed by atoms with Gasteiger partial charge in [0.25, 0.3) is 0 Å². The van der Waals surface area contributed by atoms with Gasteiger partial charge < -0.3 is 15.6 Å². The maximum Gasteiger partial charge on any atom is 0.340 e. The molecule has 0 fully saturated rings. The molecule has 0 spiro atoms. The zero-order valence-electron chi connectivity index (χ0n) is 10.8. The first-order valence-corrected chi connectivity index (χ1v) is 6.65. The van der Waals surface area contributed by atoms with Crippen LogP contribution in [-0.2, 0) is 6.61 Å². The van der Waals surface area contributed by atoms with Crippen LogP contribution in [0.2, 0.25) is 0 Å². The van der Waals surface area contributed by atoms with Gasteiger partial charge in [-0.25, -0.2) is 9.78 Å². The minimum absolute atomic E-state index is 0.0281. The van der Waals surface area contributed by atoms with E-state index in [2.05, 4.69) is 20.9 Å². The number of rotatable bonds is 4. The van der Waals surface area contributed by atoms with Gasteiger partial charge >= 0.3 is 5.97 Å². The van der Waals surface area contributed by atoms with Crippen molar-refractivity contribution < 1.29 is 14.6 Å². The standard InChI is InChI=1S/C14H13BrN2O3/c1-8-10(14(18)19)11(12(15)17-13(8)16)20-7-9-5-3-2-4-6-9/h2-6H,7H2,1H3,(H2,16,17)(H,18,19). The third-order valence-corrected chi connectivity index (χ3v) is 3.37. The number of anilines is 1. The molecule has 104 valence electrons. The van der Waals surface area contributed by atoms with Gasteiger partial charge in [0.1, 0.15) is 18.0 Å². The molecule has 0 amide bonds. The number of aromatic nitrogens is 1. The molecule has 0 atom stereocenters. The van der Waals surface area contributed by atoms with Crippen molar-refractivity contribution in [2.75, 3.05) is 5.73 Å². The van der Waals surface area contributed by atoms with Crippen LogP contribution < -0.4 is 10.5 Å². The summed E-state index contributed by atoms with van der Waals surface area (Å²) in [4.78, 5) is 15.4. The van der Waals surface area contributed by atoms with Gasteiger partial charge in [0.05, 0.1) is 0 Å². The zero-order chi connectivity index (χ0) is 14.7. The van der Waals surface area contributed by atoms with Crippen molar-refractivity contribution in [3.05, 3.63) is 51.6 Å². The Morgan fingerprint density at radius 2 is 2.05 bits per heavy atom. The van der Waals surface area contributed by atoms with E-state index in [4.69, 9.17) is 10.5 Å². The summed E-state index contributed by atoms with van der Waals surface area (Å²) in [5, 5.41) is 9.31. The molecular weight excluding hydrogens is 324 g/mol. The van der Waals surface area contributed by atoms with E-state index in [0.717, 1.165) is 5.56 Å². The lowest BCUT2D eigenvalue weighted by molar-refractivity contribution is 0.0690. The third kappa shape index (κ3) is 2.91. The molecule has 3 N–H and O–H groups in total. The van der Waals surface area contributed by atoms with Gasteiger partial charge in [-0.15, -0.1) is 0 Å². The summed E-state index contributed by atoms with van der Waals surface area (Å²) in [5.41, 5.74) is 7.03. The molecule has 0 saturated carbocycles. The van der Waals surface area contributed by atoms with E-state index >= 15 is 0 Å². The molecule has 1 heterocycles. The molecule has 0 unspecified atom stereocenters. The second kappa shape index (κ2) is 5.92. The molecule has 0 aliphatic heterocycles. The first-order chi connectivity index (χ1) is 9.50. The minimum atomic E-state index is -1.10. The van der Waals surface area contributed by atoms with Gasteiger partial charge in [-0.3, -0.25) is 0 Å². The van der Waals surface area contributed by atoms with Crippen LogP contribution in [0.25, 0.3) is 0 Å². The number of pyridine rings is 1. The number of ether oxygens (including phenoxy) is 1. The molecule has 0 bridgehead atoms. The summed E-state index contributed by atoms with van der Waals surface area (Å²) < 4.78 is 5.89. The summed E-state index contributed by atoms with van der Waals surface area (Å²) in [6.45, 7) is 1.86. The highest BCUT2D eigenvalue weighted by molar-refractivity contribution is 9.10. The highest BCUT2D eigenvalue weighted by atomic mass is 79.9. The Morgan fingerprint density at radius 3 is 2.65 bits per heavy atom. The van der Waals surface area contributed by atoms with Gasteiger partial charge in [-0.2, -0.15) is 0 Å². The lowest BCUT2D eigenvalue weighted by atomic mass is 10.1. The van der Waals surface area contributed by atoms with Crippen molar-refractivity contribution >= 4 is 27.7 Å². The van der Waals surface area contributed by atoms with Crippen LogP contribution in [0.15, 0.2) is 34.9 Å². The van der Waals surface area contributed by atoms with Crippen LogP contribution in [0.4, 0.5) is 5.82 Å². The number of hydrogen-bond acceptors (Lipinski definition) is 4. The average molecular weight is 337 g/mol. The van der Waals surface area contributed by atoms with Crippen molar-refractivity contribution in [3.8, 4) is 5.75 Å². The Labute approximate surface area is 124 Å². The highest BCUT2D eigenvalue weighted by Crippen LogP contribution is 2.33. The molecule has 0 aliphatic carbocycles. The number of halogens is 1. The van der Waals surface area contributed by atoms with Crippen molar-refractivity contribution in [1.29, 1.82) is 0 Å². The van der Waals surface area contributed by atoms with Crippen LogP contribution in [0.5, 0.6) is 5.75 Å². The molecule has 1 aromatic heterocycles. The number of carbonyl (C=O) groups is 1. The number of benzene rings is 1. The first-order valence-electron chi connectivity index (χ1n) is 5.86. The Morgan fingerprint density at radius 1 is 1.40 bits per heavy atom. The van der Waals surface area contributed by atoms with E-state index in [1.54, 1.807) is 6.92 Å². The topological polar surface area (TPSA) is 85.4 Å². The summed E-state index contributed by atoms with van der Waals surface area (Å²) in [6, 6.07) is 9.46. The fourth-order valence-corrected chi connectivity index (χ4v) is 2.26. The predicted molar refractivity (Wildman–Crippen MR) is 78.8 cm³/mol. The molecule has 2 rings (SSSR count). The maximum atomic E-state index is 11.4.